The third-order valence-corrected chi connectivity index (χ3v) is 7.84. The molecule has 4 aromatic rings. The molecule has 2 heterocycles. The highest BCUT2D eigenvalue weighted by molar-refractivity contribution is 6.31. The highest BCUT2D eigenvalue weighted by atomic mass is 35.5. The van der Waals surface area contributed by atoms with Gasteiger partial charge in [0.2, 0.25) is 5.78 Å². The van der Waals surface area contributed by atoms with Gasteiger partial charge in [0.25, 0.3) is 5.91 Å². The lowest BCUT2D eigenvalue weighted by Crippen LogP contribution is -2.31. The average Bonchev–Trinajstić information content (AvgIpc) is 3.52. The molecule has 0 fully saturated rings. The van der Waals surface area contributed by atoms with Crippen molar-refractivity contribution in [2.24, 2.45) is 0 Å². The molecule has 7 nitrogen and oxygen atoms in total. The molecule has 1 unspecified atom stereocenters. The Morgan fingerprint density at radius 2 is 1.71 bits per heavy atom. The van der Waals surface area contributed by atoms with Gasteiger partial charge in [-0.15, -0.1) is 0 Å². The number of nitrogens with zero attached hydrogens (tertiary/aromatic N) is 2. The fourth-order valence-corrected chi connectivity index (χ4v) is 5.59. The Kier molecular flexibility index (Phi) is 7.82. The van der Waals surface area contributed by atoms with Crippen LogP contribution in [0.15, 0.2) is 82.5 Å². The number of hydrogen-bond acceptors (Lipinski definition) is 6. The molecule has 0 saturated heterocycles. The van der Waals surface area contributed by atoms with Gasteiger partial charge >= 0.3 is 0 Å². The number of aliphatic hydroxyl groups excluding tert-OH is 1. The number of fused-ring (bicyclic) bond motifs is 1. The Morgan fingerprint density at radius 1 is 1.05 bits per heavy atom. The molecule has 0 bridgehead atoms. The van der Waals surface area contributed by atoms with Crippen LogP contribution in [0.25, 0.3) is 11.0 Å². The Labute approximate surface area is 244 Å². The van der Waals surface area contributed by atoms with E-state index in [4.69, 9.17) is 20.8 Å². The molecule has 1 N–H and O–H groups in total. The molecule has 41 heavy (non-hydrogen) atoms. The van der Waals surface area contributed by atoms with Crippen molar-refractivity contribution in [2.75, 3.05) is 30.0 Å². The maximum absolute atomic E-state index is 14.1. The summed E-state index contributed by atoms with van der Waals surface area (Å²) >= 11 is 6.23. The van der Waals surface area contributed by atoms with Crippen LogP contribution in [0.2, 0.25) is 5.02 Å². The molecular weight excluding hydrogens is 540 g/mol. The van der Waals surface area contributed by atoms with Gasteiger partial charge in [0.1, 0.15) is 0 Å². The van der Waals surface area contributed by atoms with E-state index >= 15 is 0 Å². The van der Waals surface area contributed by atoms with Crippen molar-refractivity contribution in [3.8, 4) is 5.75 Å². The summed E-state index contributed by atoms with van der Waals surface area (Å²) < 4.78 is 11.3. The second-order valence-electron chi connectivity index (χ2n) is 10.3. The van der Waals surface area contributed by atoms with Crippen LogP contribution in [0.1, 0.15) is 61.3 Å². The summed E-state index contributed by atoms with van der Waals surface area (Å²) in [6.45, 7) is 10.0. The van der Waals surface area contributed by atoms with E-state index in [1.807, 2.05) is 48.5 Å². The lowest BCUT2D eigenvalue weighted by atomic mass is 9.94. The second kappa shape index (κ2) is 11.3. The molecule has 1 aliphatic rings. The van der Waals surface area contributed by atoms with Crippen LogP contribution in [0.4, 0.5) is 11.4 Å². The zero-order chi connectivity index (χ0) is 29.4. The van der Waals surface area contributed by atoms with Crippen LogP contribution >= 0.6 is 11.6 Å². The van der Waals surface area contributed by atoms with Gasteiger partial charge in [-0.1, -0.05) is 49.7 Å². The molecule has 5 rings (SSSR count). The SMILES string of the molecule is CCN(CC)c1ccc(C2C(C(=O)c3cc4cc(Cl)cc(OC)c4o3)=C(O)C(=O)N2c2ccc(C(C)C)cc2)cc1. The minimum atomic E-state index is -0.871. The van der Waals surface area contributed by atoms with E-state index in [9.17, 15) is 14.7 Å². The van der Waals surface area contributed by atoms with Gasteiger partial charge in [-0.05, 0) is 67.3 Å². The third kappa shape index (κ3) is 5.06. The number of hydrogen-bond donors (Lipinski definition) is 1. The topological polar surface area (TPSA) is 83.2 Å². The van der Waals surface area contributed by atoms with E-state index in [0.717, 1.165) is 24.3 Å². The summed E-state index contributed by atoms with van der Waals surface area (Å²) in [4.78, 5) is 31.4. The smallest absolute Gasteiger partial charge is 0.294 e. The summed E-state index contributed by atoms with van der Waals surface area (Å²) in [5, 5.41) is 12.2. The molecule has 0 saturated carbocycles. The number of rotatable bonds is 9. The van der Waals surface area contributed by atoms with Crippen molar-refractivity contribution in [3.63, 3.8) is 0 Å². The van der Waals surface area contributed by atoms with Crippen LogP contribution < -0.4 is 14.5 Å². The Bertz CT molecular complexity index is 1630. The largest absolute Gasteiger partial charge is 0.503 e. The van der Waals surface area contributed by atoms with Crippen LogP contribution in [-0.4, -0.2) is 37.0 Å². The van der Waals surface area contributed by atoms with E-state index in [-0.39, 0.29) is 11.3 Å². The van der Waals surface area contributed by atoms with Crippen LogP contribution in [0.5, 0.6) is 5.75 Å². The quantitative estimate of drug-likeness (QED) is 0.206. The minimum absolute atomic E-state index is 0.0308. The molecule has 3 aromatic carbocycles. The number of methoxy groups -OCH3 is 1. The number of ketones is 1. The Balaban J connectivity index is 1.63. The molecule has 1 amide bonds. The average molecular weight is 573 g/mol. The zero-order valence-corrected chi connectivity index (χ0v) is 24.5. The minimum Gasteiger partial charge on any atom is -0.503 e. The summed E-state index contributed by atoms with van der Waals surface area (Å²) in [6.07, 6.45) is 0. The fraction of sp³-hybridized carbons (Fsp3) is 0.273. The molecular formula is C33H33ClN2O5. The highest BCUT2D eigenvalue weighted by Gasteiger charge is 2.45. The number of furan rings is 1. The maximum Gasteiger partial charge on any atom is 0.294 e. The summed E-state index contributed by atoms with van der Waals surface area (Å²) in [5.41, 5.74) is 3.70. The summed E-state index contributed by atoms with van der Waals surface area (Å²) in [6, 6.07) is 19.3. The Morgan fingerprint density at radius 3 is 2.29 bits per heavy atom. The van der Waals surface area contributed by atoms with Crippen molar-refractivity contribution >= 4 is 45.6 Å². The van der Waals surface area contributed by atoms with Gasteiger partial charge in [-0.2, -0.15) is 0 Å². The number of halogens is 1. The van der Waals surface area contributed by atoms with E-state index in [1.165, 1.54) is 12.0 Å². The highest BCUT2D eigenvalue weighted by Crippen LogP contribution is 2.43. The maximum atomic E-state index is 14.1. The molecule has 212 valence electrons. The van der Waals surface area contributed by atoms with Crippen molar-refractivity contribution in [2.45, 2.75) is 39.7 Å². The van der Waals surface area contributed by atoms with Crippen LogP contribution in [0, 0.1) is 0 Å². The number of anilines is 2. The molecule has 0 spiro atoms. The molecule has 0 radical (unpaired) electrons. The van der Waals surface area contributed by atoms with Gasteiger partial charge in [0.05, 0.1) is 18.7 Å². The van der Waals surface area contributed by atoms with Gasteiger partial charge in [0.15, 0.2) is 22.9 Å². The van der Waals surface area contributed by atoms with Gasteiger partial charge in [0, 0.05) is 40.9 Å². The number of carbonyl (C=O) groups is 2. The number of aliphatic hydroxyl groups is 1. The predicted molar refractivity (Wildman–Crippen MR) is 163 cm³/mol. The van der Waals surface area contributed by atoms with Crippen LogP contribution in [0.3, 0.4) is 0 Å². The lowest BCUT2D eigenvalue weighted by Gasteiger charge is -2.28. The molecule has 1 atom stereocenters. The van der Waals surface area contributed by atoms with E-state index < -0.39 is 23.5 Å². The van der Waals surface area contributed by atoms with Crippen molar-refractivity contribution in [3.05, 3.63) is 100.0 Å². The summed E-state index contributed by atoms with van der Waals surface area (Å²) in [7, 11) is 1.49. The van der Waals surface area contributed by atoms with E-state index in [0.29, 0.717) is 38.9 Å². The Hall–Kier alpha value is -4.23. The monoisotopic (exact) mass is 572 g/mol. The predicted octanol–water partition coefficient (Wildman–Crippen LogP) is 7.85. The molecule has 0 aliphatic carbocycles. The fourth-order valence-electron chi connectivity index (χ4n) is 5.38. The van der Waals surface area contributed by atoms with Crippen molar-refractivity contribution in [1.29, 1.82) is 0 Å². The first-order valence-electron chi connectivity index (χ1n) is 13.7. The first kappa shape index (κ1) is 28.3. The standard InChI is InChI=1S/C33H33ClN2O5/c1-6-35(7-2)24-12-10-21(11-13-24)29-28(30(37)26-17-22-16-23(34)18-27(40-5)32(22)41-26)31(38)33(39)36(29)25-14-8-20(9-15-25)19(3)4/h8-19,29,38H,6-7H2,1-5H3. The first-order valence-corrected chi connectivity index (χ1v) is 14.1. The van der Waals surface area contributed by atoms with E-state index in [2.05, 4.69) is 32.6 Å². The van der Waals surface area contributed by atoms with Gasteiger partial charge in [-0.3, -0.25) is 14.5 Å². The number of amides is 1. The van der Waals surface area contributed by atoms with Gasteiger partial charge in [-0.25, -0.2) is 0 Å². The second-order valence-corrected chi connectivity index (χ2v) is 10.8. The number of carbonyl (C=O) groups excluding carboxylic acids is 2. The number of ether oxygens (including phenoxy) is 1. The summed E-state index contributed by atoms with van der Waals surface area (Å²) in [5.74, 6) is -1.20. The van der Waals surface area contributed by atoms with Gasteiger partial charge < -0.3 is 19.2 Å². The third-order valence-electron chi connectivity index (χ3n) is 7.62. The first-order chi connectivity index (χ1) is 19.7. The number of Topliss-reactive ketones (excluding diaryl/α,β-unsaturated/α-hetero) is 1. The lowest BCUT2D eigenvalue weighted by molar-refractivity contribution is -0.117. The normalized spacial score (nSPS) is 15.3. The van der Waals surface area contributed by atoms with Crippen molar-refractivity contribution in [1.82, 2.24) is 0 Å². The molecule has 1 aromatic heterocycles. The molecule has 1 aliphatic heterocycles. The number of benzene rings is 3. The van der Waals surface area contributed by atoms with Crippen LogP contribution in [-0.2, 0) is 4.79 Å². The molecule has 8 heteroatoms. The van der Waals surface area contributed by atoms with E-state index in [1.54, 1.807) is 18.2 Å². The van der Waals surface area contributed by atoms with Crippen molar-refractivity contribution < 1.29 is 23.8 Å². The zero-order valence-electron chi connectivity index (χ0n) is 23.8.